The van der Waals surface area contributed by atoms with Gasteiger partial charge in [0.05, 0.1) is 6.04 Å². The number of hydrogen-bond donors (Lipinski definition) is 4. The van der Waals surface area contributed by atoms with Gasteiger partial charge in [-0.05, 0) is 30.1 Å². The van der Waals surface area contributed by atoms with Crippen LogP contribution >= 0.6 is 11.8 Å². The minimum Gasteiger partial charge on any atom is -0.480 e. The molecule has 1 heterocycles. The van der Waals surface area contributed by atoms with E-state index < -0.39 is 42.3 Å². The summed E-state index contributed by atoms with van der Waals surface area (Å²) in [6.45, 7) is 0. The Morgan fingerprint density at radius 1 is 1.33 bits per heavy atom. The fourth-order valence-corrected chi connectivity index (χ4v) is 3.20. The number of alkyl halides is 3. The molecular weight excluding hydrogens is 383 g/mol. The van der Waals surface area contributed by atoms with Crippen molar-refractivity contribution < 1.29 is 27.9 Å². The first kappa shape index (κ1) is 21.1. The van der Waals surface area contributed by atoms with Crippen LogP contribution < -0.4 is 11.1 Å². The maximum absolute atomic E-state index is 13.4. The SMILES string of the molecule is CSCC[C@H](N)C(=O)N[C@@H](Cc1c(C(F)(F)F)[nH]c2ccccc12)C(=O)O. The molecular formula is C17H20F3N3O3S. The van der Waals surface area contributed by atoms with Gasteiger partial charge in [0, 0.05) is 17.3 Å². The minimum atomic E-state index is -4.68. The number of halogens is 3. The Hall–Kier alpha value is -2.20. The number of carboxylic acids is 1. The molecule has 5 N–H and O–H groups in total. The van der Waals surface area contributed by atoms with E-state index in [-0.39, 0.29) is 16.5 Å². The number of aromatic amines is 1. The van der Waals surface area contributed by atoms with E-state index in [1.54, 1.807) is 12.1 Å². The Morgan fingerprint density at radius 2 is 2.00 bits per heavy atom. The number of hydrogen-bond acceptors (Lipinski definition) is 4. The fourth-order valence-electron chi connectivity index (χ4n) is 2.71. The fraction of sp³-hybridized carbons (Fsp3) is 0.412. The number of thioether (sulfide) groups is 1. The highest BCUT2D eigenvalue weighted by Crippen LogP contribution is 2.36. The number of nitrogens with one attached hydrogen (secondary N) is 2. The van der Waals surface area contributed by atoms with Crippen LogP contribution in [0.2, 0.25) is 0 Å². The second-order valence-corrected chi connectivity index (χ2v) is 7.00. The lowest BCUT2D eigenvalue weighted by atomic mass is 10.0. The lowest BCUT2D eigenvalue weighted by Gasteiger charge is -2.18. The lowest BCUT2D eigenvalue weighted by molar-refractivity contribution is -0.144. The van der Waals surface area contributed by atoms with E-state index in [9.17, 15) is 27.9 Å². The highest BCUT2D eigenvalue weighted by atomic mass is 32.2. The summed E-state index contributed by atoms with van der Waals surface area (Å²) in [5, 5.41) is 11.9. The van der Waals surface area contributed by atoms with Crippen LogP contribution in [0.1, 0.15) is 17.7 Å². The number of H-pyrrole nitrogens is 1. The number of carbonyl (C=O) groups excluding carboxylic acids is 1. The zero-order chi connectivity index (χ0) is 20.2. The van der Waals surface area contributed by atoms with Crippen molar-refractivity contribution >= 4 is 34.5 Å². The topological polar surface area (TPSA) is 108 Å². The Kier molecular flexibility index (Phi) is 6.77. The molecule has 1 amide bonds. The van der Waals surface area contributed by atoms with Crippen molar-refractivity contribution in [1.82, 2.24) is 10.3 Å². The third-order valence-electron chi connectivity index (χ3n) is 4.09. The number of aliphatic carboxylic acids is 1. The average Bonchev–Trinajstić information content (AvgIpc) is 2.97. The molecule has 2 aromatic rings. The summed E-state index contributed by atoms with van der Waals surface area (Å²) in [7, 11) is 0. The van der Waals surface area contributed by atoms with E-state index in [0.29, 0.717) is 12.2 Å². The van der Waals surface area contributed by atoms with E-state index in [1.807, 2.05) is 6.26 Å². The second-order valence-electron chi connectivity index (χ2n) is 6.01. The van der Waals surface area contributed by atoms with E-state index in [2.05, 4.69) is 10.3 Å². The predicted octanol–water partition coefficient (Wildman–Crippen LogP) is 2.38. The number of benzene rings is 1. The van der Waals surface area contributed by atoms with Crippen LogP contribution in [0.3, 0.4) is 0 Å². The molecule has 1 aromatic carbocycles. The molecule has 0 unspecified atom stereocenters. The standard InChI is InChI=1S/C17H20F3N3O3S/c1-27-7-6-11(21)15(24)23-13(16(25)26)8-10-9-4-2-3-5-12(9)22-14(10)17(18,19)20/h2-5,11,13,22H,6-8,21H2,1H3,(H,23,24)(H,25,26)/t11-,13-/m0/s1. The van der Waals surface area contributed by atoms with E-state index in [4.69, 9.17) is 5.73 Å². The Morgan fingerprint density at radius 3 is 2.59 bits per heavy atom. The first-order valence-corrected chi connectivity index (χ1v) is 9.49. The van der Waals surface area contributed by atoms with Crippen molar-refractivity contribution in [2.24, 2.45) is 5.73 Å². The zero-order valence-corrected chi connectivity index (χ0v) is 15.3. The van der Waals surface area contributed by atoms with Gasteiger partial charge in [0.15, 0.2) is 0 Å². The first-order chi connectivity index (χ1) is 12.6. The van der Waals surface area contributed by atoms with Crippen LogP contribution in [0.15, 0.2) is 24.3 Å². The molecule has 148 valence electrons. The second kappa shape index (κ2) is 8.66. The van der Waals surface area contributed by atoms with Crippen LogP contribution in [0.4, 0.5) is 13.2 Å². The highest BCUT2D eigenvalue weighted by Gasteiger charge is 2.38. The molecule has 10 heteroatoms. The summed E-state index contributed by atoms with van der Waals surface area (Å²) < 4.78 is 40.1. The predicted molar refractivity (Wildman–Crippen MR) is 97.5 cm³/mol. The summed E-state index contributed by atoms with van der Waals surface area (Å²) in [5.41, 5.74) is 4.73. The molecule has 0 aliphatic heterocycles. The molecule has 0 fully saturated rings. The number of fused-ring (bicyclic) bond motifs is 1. The molecule has 0 saturated carbocycles. The molecule has 1 aromatic heterocycles. The molecule has 0 bridgehead atoms. The zero-order valence-electron chi connectivity index (χ0n) is 14.5. The molecule has 0 aliphatic carbocycles. The number of amides is 1. The molecule has 0 spiro atoms. The average molecular weight is 403 g/mol. The van der Waals surface area contributed by atoms with Gasteiger partial charge in [0.25, 0.3) is 0 Å². The third-order valence-corrected chi connectivity index (χ3v) is 4.73. The summed E-state index contributed by atoms with van der Waals surface area (Å²) in [4.78, 5) is 25.9. The van der Waals surface area contributed by atoms with Gasteiger partial charge >= 0.3 is 12.1 Å². The van der Waals surface area contributed by atoms with Crippen molar-refractivity contribution in [2.45, 2.75) is 31.1 Å². The maximum Gasteiger partial charge on any atom is 0.431 e. The smallest absolute Gasteiger partial charge is 0.431 e. The summed E-state index contributed by atoms with van der Waals surface area (Å²) in [6, 6.07) is 3.63. The Bertz CT molecular complexity index is 823. The van der Waals surface area contributed by atoms with Gasteiger partial charge in [-0.2, -0.15) is 24.9 Å². The molecule has 6 nitrogen and oxygen atoms in total. The van der Waals surface area contributed by atoms with Gasteiger partial charge < -0.3 is 21.1 Å². The van der Waals surface area contributed by atoms with Crippen molar-refractivity contribution in [3.05, 3.63) is 35.5 Å². The molecule has 0 aliphatic rings. The molecule has 2 rings (SSSR count). The molecule has 0 radical (unpaired) electrons. The lowest BCUT2D eigenvalue weighted by Crippen LogP contribution is -2.49. The molecule has 27 heavy (non-hydrogen) atoms. The van der Waals surface area contributed by atoms with Crippen molar-refractivity contribution in [1.29, 1.82) is 0 Å². The van der Waals surface area contributed by atoms with Gasteiger partial charge in [-0.1, -0.05) is 18.2 Å². The molecule has 0 saturated heterocycles. The highest BCUT2D eigenvalue weighted by molar-refractivity contribution is 7.98. The van der Waals surface area contributed by atoms with E-state index in [0.717, 1.165) is 0 Å². The van der Waals surface area contributed by atoms with E-state index in [1.165, 1.54) is 23.9 Å². The Balaban J connectivity index is 2.31. The summed E-state index contributed by atoms with van der Waals surface area (Å²) in [6.07, 6.45) is -3.04. The molecule has 2 atom stereocenters. The Labute approximate surface area is 157 Å². The number of nitrogens with two attached hydrogens (primary N) is 1. The summed E-state index contributed by atoms with van der Waals surface area (Å²) in [5.74, 6) is -1.53. The number of carbonyl (C=O) groups is 2. The first-order valence-electron chi connectivity index (χ1n) is 8.09. The van der Waals surface area contributed by atoms with Crippen LogP contribution in [0.25, 0.3) is 10.9 Å². The van der Waals surface area contributed by atoms with Crippen LogP contribution in [0.5, 0.6) is 0 Å². The van der Waals surface area contributed by atoms with Gasteiger partial charge in [-0.3, -0.25) is 4.79 Å². The van der Waals surface area contributed by atoms with Gasteiger partial charge in [0.1, 0.15) is 11.7 Å². The number of aromatic nitrogens is 1. The normalized spacial score (nSPS) is 14.1. The monoisotopic (exact) mass is 403 g/mol. The maximum atomic E-state index is 13.4. The van der Waals surface area contributed by atoms with E-state index >= 15 is 0 Å². The van der Waals surface area contributed by atoms with Crippen LogP contribution in [-0.2, 0) is 22.2 Å². The van der Waals surface area contributed by atoms with Crippen LogP contribution in [0, 0.1) is 0 Å². The number of carboxylic acid groups (broad SMARTS) is 1. The number of para-hydroxylation sites is 1. The largest absolute Gasteiger partial charge is 0.480 e. The van der Waals surface area contributed by atoms with Gasteiger partial charge in [0.2, 0.25) is 5.91 Å². The van der Waals surface area contributed by atoms with Crippen molar-refractivity contribution in [2.75, 3.05) is 12.0 Å². The number of rotatable bonds is 8. The van der Waals surface area contributed by atoms with Gasteiger partial charge in [-0.15, -0.1) is 0 Å². The quantitative estimate of drug-likeness (QED) is 0.541. The summed E-state index contributed by atoms with van der Waals surface area (Å²) >= 11 is 1.48. The third kappa shape index (κ3) is 5.16. The van der Waals surface area contributed by atoms with Crippen molar-refractivity contribution in [3.63, 3.8) is 0 Å². The van der Waals surface area contributed by atoms with Crippen LogP contribution in [-0.4, -0.2) is 46.1 Å². The van der Waals surface area contributed by atoms with Gasteiger partial charge in [-0.25, -0.2) is 4.79 Å². The minimum absolute atomic E-state index is 0.205. The van der Waals surface area contributed by atoms with Crippen molar-refractivity contribution in [3.8, 4) is 0 Å².